The van der Waals surface area contributed by atoms with Crippen molar-refractivity contribution < 1.29 is 4.79 Å². The van der Waals surface area contributed by atoms with Crippen LogP contribution in [0.1, 0.15) is 12.8 Å². The topological polar surface area (TPSA) is 55.5 Å². The Morgan fingerprint density at radius 3 is 2.43 bits per heavy atom. The second kappa shape index (κ2) is 4.62. The molecule has 3 nitrogen and oxygen atoms in total. The molecule has 0 aromatic carbocycles. The van der Waals surface area contributed by atoms with Crippen LogP contribution in [0.15, 0.2) is 27.5 Å². The zero-order valence-corrected chi connectivity index (χ0v) is 8.98. The molecular weight excluding hydrogens is 223 g/mol. The smallest absolute Gasteiger partial charge is 0.170 e. The maximum atomic E-state index is 10.6. The Hall–Kier alpha value is -0.800. The molecule has 0 amide bonds. The minimum absolute atomic E-state index is 0.0246. The van der Waals surface area contributed by atoms with E-state index in [4.69, 9.17) is 28.9 Å². The molecule has 1 aliphatic rings. The first-order valence-electron chi connectivity index (χ1n) is 4.10. The van der Waals surface area contributed by atoms with Crippen LogP contribution in [0.3, 0.4) is 0 Å². The number of nitrogens with two attached hydrogens (primary N) is 1. The molecule has 14 heavy (non-hydrogen) atoms. The van der Waals surface area contributed by atoms with E-state index in [0.717, 1.165) is 12.8 Å². The summed E-state index contributed by atoms with van der Waals surface area (Å²) in [6.45, 7) is 3.73. The molecule has 0 heterocycles. The predicted molar refractivity (Wildman–Crippen MR) is 58.3 cm³/mol. The summed E-state index contributed by atoms with van der Waals surface area (Å²) in [5.41, 5.74) is 5.92. The molecule has 1 saturated carbocycles. The second-order valence-electron chi connectivity index (χ2n) is 3.04. The van der Waals surface area contributed by atoms with Crippen LogP contribution in [-0.2, 0) is 4.79 Å². The van der Waals surface area contributed by atoms with E-state index in [9.17, 15) is 4.79 Å². The summed E-state index contributed by atoms with van der Waals surface area (Å²) >= 11 is 11.1. The number of allylic oxidation sites excluding steroid dienone is 2. The first kappa shape index (κ1) is 11.3. The summed E-state index contributed by atoms with van der Waals surface area (Å²) < 4.78 is 0. The van der Waals surface area contributed by atoms with Crippen LogP contribution < -0.4 is 5.73 Å². The van der Waals surface area contributed by atoms with Crippen molar-refractivity contribution in [1.29, 1.82) is 0 Å². The average molecular weight is 233 g/mol. The van der Waals surface area contributed by atoms with Crippen molar-refractivity contribution in [3.05, 3.63) is 22.5 Å². The molecule has 0 spiro atoms. The van der Waals surface area contributed by atoms with Gasteiger partial charge < -0.3 is 5.73 Å². The third-order valence-corrected chi connectivity index (χ3v) is 2.54. The molecular formula is C9H10Cl2N2O. The van der Waals surface area contributed by atoms with E-state index >= 15 is 0 Å². The molecule has 5 heteroatoms. The zero-order valence-electron chi connectivity index (χ0n) is 7.46. The fourth-order valence-electron chi connectivity index (χ4n) is 0.912. The molecule has 2 N–H and O–H groups in total. The number of rotatable bonds is 4. The summed E-state index contributed by atoms with van der Waals surface area (Å²) in [7, 11) is 0. The van der Waals surface area contributed by atoms with Crippen LogP contribution >= 0.6 is 23.2 Å². The van der Waals surface area contributed by atoms with Gasteiger partial charge >= 0.3 is 0 Å². The van der Waals surface area contributed by atoms with E-state index in [2.05, 4.69) is 11.6 Å². The minimum Gasteiger partial charge on any atom is -0.388 e. The molecule has 0 atom stereocenters. The minimum atomic E-state index is -0.138. The number of aldehydes is 1. The van der Waals surface area contributed by atoms with Gasteiger partial charge in [-0.1, -0.05) is 29.8 Å². The van der Waals surface area contributed by atoms with Crippen molar-refractivity contribution in [3.8, 4) is 0 Å². The summed E-state index contributed by atoms with van der Waals surface area (Å²) in [6.07, 6.45) is 2.64. The molecule has 0 saturated heterocycles. The highest BCUT2D eigenvalue weighted by atomic mass is 35.5. The van der Waals surface area contributed by atoms with E-state index in [1.807, 2.05) is 0 Å². The summed E-state index contributed by atoms with van der Waals surface area (Å²) in [5.74, 6) is 0.381. The molecule has 0 radical (unpaired) electrons. The van der Waals surface area contributed by atoms with Gasteiger partial charge in [-0.15, -0.1) is 0 Å². The van der Waals surface area contributed by atoms with Crippen molar-refractivity contribution >= 4 is 35.2 Å². The van der Waals surface area contributed by atoms with Gasteiger partial charge in [0, 0.05) is 11.6 Å². The molecule has 76 valence electrons. The number of halogens is 2. The van der Waals surface area contributed by atoms with Crippen LogP contribution in [0.5, 0.6) is 0 Å². The highest BCUT2D eigenvalue weighted by molar-refractivity contribution is 6.58. The van der Waals surface area contributed by atoms with Crippen molar-refractivity contribution in [2.75, 3.05) is 0 Å². The molecule has 1 rings (SSSR count). The number of carbonyl (C=O) groups excluding carboxylic acids is 1. The Morgan fingerprint density at radius 2 is 2.07 bits per heavy atom. The van der Waals surface area contributed by atoms with Gasteiger partial charge in [0.05, 0.1) is 0 Å². The monoisotopic (exact) mass is 232 g/mol. The number of hydrogen-bond acceptors (Lipinski definition) is 3. The van der Waals surface area contributed by atoms with Gasteiger partial charge in [0.1, 0.15) is 15.9 Å². The lowest BCUT2D eigenvalue weighted by Crippen LogP contribution is -2.06. The van der Waals surface area contributed by atoms with Gasteiger partial charge in [-0.05, 0) is 12.8 Å². The average Bonchev–Trinajstić information content (AvgIpc) is 2.95. The standard InChI is InChI=1S/C9H10Cl2N2O/c1-5(6-2-3-6)13-7(4-14)8(10)9(11)12/h4,6H,1-3,12H2/b9-8+,13-7-. The first-order chi connectivity index (χ1) is 6.56. The van der Waals surface area contributed by atoms with E-state index in [-0.39, 0.29) is 15.9 Å². The molecule has 0 bridgehead atoms. The zero-order chi connectivity index (χ0) is 10.7. The van der Waals surface area contributed by atoms with Crippen molar-refractivity contribution in [1.82, 2.24) is 0 Å². The molecule has 0 aromatic rings. The number of aliphatic imine (C=N–C) groups is 1. The molecule has 1 aliphatic carbocycles. The molecule has 0 aromatic heterocycles. The lowest BCUT2D eigenvalue weighted by atomic mass is 10.3. The fourth-order valence-corrected chi connectivity index (χ4v) is 1.10. The summed E-state index contributed by atoms with van der Waals surface area (Å²) in [4.78, 5) is 14.6. The third kappa shape index (κ3) is 2.86. The van der Waals surface area contributed by atoms with Crippen LogP contribution in [0.25, 0.3) is 0 Å². The SMILES string of the molecule is C=C(/N=C(C=O)\C(Cl)=C(/N)Cl)C1CC1. The summed E-state index contributed by atoms with van der Waals surface area (Å²) in [5, 5.41) is -0.162. The molecule has 0 aliphatic heterocycles. The number of nitrogens with zero attached hydrogens (tertiary/aromatic N) is 1. The van der Waals surface area contributed by atoms with E-state index in [1.165, 1.54) is 0 Å². The van der Waals surface area contributed by atoms with Gasteiger partial charge in [-0.25, -0.2) is 4.99 Å². The van der Waals surface area contributed by atoms with E-state index < -0.39 is 0 Å². The Labute approximate surface area is 92.3 Å². The van der Waals surface area contributed by atoms with Crippen molar-refractivity contribution in [2.45, 2.75) is 12.8 Å². The first-order valence-corrected chi connectivity index (χ1v) is 4.85. The van der Waals surface area contributed by atoms with Crippen LogP contribution in [0.4, 0.5) is 0 Å². The maximum absolute atomic E-state index is 10.6. The summed E-state index contributed by atoms with van der Waals surface area (Å²) in [6, 6.07) is 0. The quantitative estimate of drug-likeness (QED) is 0.459. The van der Waals surface area contributed by atoms with E-state index in [1.54, 1.807) is 0 Å². The van der Waals surface area contributed by atoms with Crippen molar-refractivity contribution in [3.63, 3.8) is 0 Å². The lowest BCUT2D eigenvalue weighted by molar-refractivity contribution is -0.102. The van der Waals surface area contributed by atoms with Crippen LogP contribution in [0.2, 0.25) is 0 Å². The Bertz CT molecular complexity index is 326. The lowest BCUT2D eigenvalue weighted by Gasteiger charge is -2.00. The Kier molecular flexibility index (Phi) is 3.72. The Morgan fingerprint density at radius 1 is 1.50 bits per heavy atom. The number of hydrogen-bond donors (Lipinski definition) is 1. The highest BCUT2D eigenvalue weighted by Gasteiger charge is 2.25. The molecule has 1 fully saturated rings. The van der Waals surface area contributed by atoms with Gasteiger partial charge in [-0.2, -0.15) is 0 Å². The van der Waals surface area contributed by atoms with Crippen molar-refractivity contribution in [2.24, 2.45) is 16.6 Å². The number of carbonyl (C=O) groups is 1. The maximum Gasteiger partial charge on any atom is 0.170 e. The van der Waals surface area contributed by atoms with E-state index in [0.29, 0.717) is 17.9 Å². The van der Waals surface area contributed by atoms with Gasteiger partial charge in [0.2, 0.25) is 0 Å². The molecule has 0 unspecified atom stereocenters. The highest BCUT2D eigenvalue weighted by Crippen LogP contribution is 2.36. The second-order valence-corrected chi connectivity index (χ2v) is 3.83. The third-order valence-electron chi connectivity index (χ3n) is 1.86. The van der Waals surface area contributed by atoms with Gasteiger partial charge in [0.15, 0.2) is 6.29 Å². The van der Waals surface area contributed by atoms with Crippen LogP contribution in [0, 0.1) is 5.92 Å². The Balaban J connectivity index is 2.84. The largest absolute Gasteiger partial charge is 0.388 e. The normalized spacial score (nSPS) is 18.9. The van der Waals surface area contributed by atoms with Gasteiger partial charge in [0.25, 0.3) is 0 Å². The van der Waals surface area contributed by atoms with Gasteiger partial charge in [-0.3, -0.25) is 4.79 Å². The van der Waals surface area contributed by atoms with Crippen LogP contribution in [-0.4, -0.2) is 12.0 Å². The fraction of sp³-hybridized carbons (Fsp3) is 0.333. The predicted octanol–water partition coefficient (Wildman–Crippen LogP) is 2.16.